The third kappa shape index (κ3) is 6.48. The zero-order valence-corrected chi connectivity index (χ0v) is 17.4. The lowest BCUT2D eigenvalue weighted by Gasteiger charge is -2.36. The molecule has 0 aromatic heterocycles. The molecule has 0 radical (unpaired) electrons. The number of para-hydroxylation sites is 1. The molecule has 1 heterocycles. The number of hydrogen-bond donors (Lipinski definition) is 2. The molecule has 0 saturated carbocycles. The van der Waals surface area contributed by atoms with E-state index in [0.29, 0.717) is 18.8 Å². The van der Waals surface area contributed by atoms with Gasteiger partial charge < -0.3 is 20.3 Å². The fourth-order valence-electron chi connectivity index (χ4n) is 3.27. The molecule has 0 aliphatic carbocycles. The van der Waals surface area contributed by atoms with Gasteiger partial charge in [-0.25, -0.2) is 0 Å². The molecule has 0 bridgehead atoms. The van der Waals surface area contributed by atoms with Crippen molar-refractivity contribution in [2.75, 3.05) is 32.8 Å². The zero-order valence-electron chi connectivity index (χ0n) is 16.6. The van der Waals surface area contributed by atoms with Crippen LogP contribution in [0, 0.1) is 0 Å². The Morgan fingerprint density at radius 2 is 1.86 bits per heavy atom. The van der Waals surface area contributed by atoms with Crippen LogP contribution in [-0.2, 0) is 16.0 Å². The van der Waals surface area contributed by atoms with Crippen molar-refractivity contribution < 1.29 is 14.3 Å². The van der Waals surface area contributed by atoms with Gasteiger partial charge in [0.1, 0.15) is 5.75 Å². The Kier molecular flexibility index (Phi) is 8.96. The first kappa shape index (κ1) is 22.7. The number of rotatable bonds is 7. The Hall–Kier alpha value is -2.57. The molecule has 1 saturated heterocycles. The van der Waals surface area contributed by atoms with Crippen LogP contribution >= 0.6 is 12.4 Å². The van der Waals surface area contributed by atoms with Crippen molar-refractivity contribution in [1.82, 2.24) is 15.5 Å². The molecule has 2 amide bonds. The van der Waals surface area contributed by atoms with Crippen LogP contribution in [0.25, 0.3) is 0 Å². The van der Waals surface area contributed by atoms with Gasteiger partial charge in [-0.05, 0) is 29.7 Å². The average Bonchev–Trinajstić information content (AvgIpc) is 2.77. The molecule has 1 fully saturated rings. The summed E-state index contributed by atoms with van der Waals surface area (Å²) in [5, 5.41) is 6.01. The van der Waals surface area contributed by atoms with E-state index in [9.17, 15) is 9.59 Å². The first-order valence-electron chi connectivity index (χ1n) is 9.71. The number of halogens is 1. The van der Waals surface area contributed by atoms with Crippen LogP contribution in [-0.4, -0.2) is 49.5 Å². The molecule has 1 atom stereocenters. The molecule has 7 heteroatoms. The molecule has 1 aliphatic rings. The number of ether oxygens (including phenoxy) is 1. The molecule has 29 heavy (non-hydrogen) atoms. The number of aryl methyl sites for hydroxylation is 1. The number of carbonyl (C=O) groups excluding carboxylic acids is 2. The van der Waals surface area contributed by atoms with Gasteiger partial charge >= 0.3 is 0 Å². The highest BCUT2D eigenvalue weighted by atomic mass is 35.5. The highest BCUT2D eigenvalue weighted by Crippen LogP contribution is 2.22. The second kappa shape index (κ2) is 11.4. The summed E-state index contributed by atoms with van der Waals surface area (Å²) in [5.41, 5.74) is 2.38. The van der Waals surface area contributed by atoms with Crippen molar-refractivity contribution in [2.45, 2.75) is 19.4 Å². The van der Waals surface area contributed by atoms with Crippen molar-refractivity contribution in [3.63, 3.8) is 0 Å². The summed E-state index contributed by atoms with van der Waals surface area (Å²) in [6, 6.07) is 17.5. The number of nitrogens with one attached hydrogen (secondary N) is 2. The quantitative estimate of drug-likeness (QED) is 0.725. The van der Waals surface area contributed by atoms with Crippen LogP contribution < -0.4 is 15.4 Å². The predicted molar refractivity (Wildman–Crippen MR) is 115 cm³/mol. The van der Waals surface area contributed by atoms with Gasteiger partial charge in [-0.15, -0.1) is 12.4 Å². The second-order valence-electron chi connectivity index (χ2n) is 6.78. The largest absolute Gasteiger partial charge is 0.484 e. The van der Waals surface area contributed by atoms with E-state index < -0.39 is 0 Å². The maximum atomic E-state index is 12.7. The number of benzene rings is 2. The van der Waals surface area contributed by atoms with E-state index in [-0.39, 0.29) is 43.4 Å². The van der Waals surface area contributed by atoms with E-state index in [1.165, 1.54) is 5.56 Å². The minimum atomic E-state index is -0.309. The third-order valence-corrected chi connectivity index (χ3v) is 4.89. The molecule has 6 nitrogen and oxygen atoms in total. The highest BCUT2D eigenvalue weighted by molar-refractivity contribution is 5.86. The summed E-state index contributed by atoms with van der Waals surface area (Å²) in [4.78, 5) is 26.6. The van der Waals surface area contributed by atoms with E-state index in [0.717, 1.165) is 18.5 Å². The lowest BCUT2D eigenvalue weighted by Crippen LogP contribution is -2.51. The van der Waals surface area contributed by atoms with Crippen LogP contribution in [0.2, 0.25) is 0 Å². The van der Waals surface area contributed by atoms with Crippen molar-refractivity contribution >= 4 is 24.2 Å². The minimum absolute atomic E-state index is 0. The standard InChI is InChI=1S/C22H27N3O3.ClH/c1-2-17-8-10-18(11-9-17)20-14-23-12-13-25(20)22(27)15-24-21(26)16-28-19-6-4-3-5-7-19;/h3-11,20,23H,2,12-16H2,1H3,(H,24,26);1H. The van der Waals surface area contributed by atoms with Gasteiger partial charge in [-0.2, -0.15) is 0 Å². The van der Waals surface area contributed by atoms with Crippen LogP contribution in [0.1, 0.15) is 24.1 Å². The summed E-state index contributed by atoms with van der Waals surface area (Å²) in [6.07, 6.45) is 0.989. The average molecular weight is 418 g/mol. The molecule has 3 rings (SSSR count). The Morgan fingerprint density at radius 1 is 1.14 bits per heavy atom. The Bertz CT molecular complexity index is 784. The van der Waals surface area contributed by atoms with Crippen molar-refractivity contribution in [2.24, 2.45) is 0 Å². The van der Waals surface area contributed by atoms with E-state index in [1.807, 2.05) is 23.1 Å². The molecule has 2 aromatic rings. The van der Waals surface area contributed by atoms with E-state index >= 15 is 0 Å². The minimum Gasteiger partial charge on any atom is -0.484 e. The smallest absolute Gasteiger partial charge is 0.258 e. The lowest BCUT2D eigenvalue weighted by atomic mass is 10.0. The maximum absolute atomic E-state index is 12.7. The second-order valence-corrected chi connectivity index (χ2v) is 6.78. The summed E-state index contributed by atoms with van der Waals surface area (Å²) in [7, 11) is 0. The van der Waals surface area contributed by atoms with Gasteiger partial charge in [0.25, 0.3) is 5.91 Å². The fourth-order valence-corrected chi connectivity index (χ4v) is 3.27. The van der Waals surface area contributed by atoms with E-state index in [4.69, 9.17) is 4.74 Å². The van der Waals surface area contributed by atoms with E-state index in [2.05, 4.69) is 41.8 Å². The van der Waals surface area contributed by atoms with Gasteiger partial charge in [-0.1, -0.05) is 49.4 Å². The maximum Gasteiger partial charge on any atom is 0.258 e. The topological polar surface area (TPSA) is 70.7 Å². The van der Waals surface area contributed by atoms with Crippen LogP contribution in [0.15, 0.2) is 54.6 Å². The zero-order chi connectivity index (χ0) is 19.8. The van der Waals surface area contributed by atoms with Gasteiger partial charge in [0.2, 0.25) is 5.91 Å². The molecule has 1 unspecified atom stereocenters. The van der Waals surface area contributed by atoms with Crippen molar-refractivity contribution in [1.29, 1.82) is 0 Å². The molecule has 2 N–H and O–H groups in total. The number of piperazine rings is 1. The Labute approximate surface area is 178 Å². The number of nitrogens with zero attached hydrogens (tertiary/aromatic N) is 1. The summed E-state index contributed by atoms with van der Waals surface area (Å²) >= 11 is 0. The van der Waals surface area contributed by atoms with Gasteiger partial charge in [0, 0.05) is 19.6 Å². The van der Waals surface area contributed by atoms with Gasteiger partial charge in [-0.3, -0.25) is 9.59 Å². The van der Waals surface area contributed by atoms with Crippen molar-refractivity contribution in [3.05, 3.63) is 65.7 Å². The lowest BCUT2D eigenvalue weighted by molar-refractivity contribution is -0.136. The molecular weight excluding hydrogens is 390 g/mol. The van der Waals surface area contributed by atoms with Crippen LogP contribution in [0.3, 0.4) is 0 Å². The monoisotopic (exact) mass is 417 g/mol. The summed E-state index contributed by atoms with van der Waals surface area (Å²) < 4.78 is 5.41. The SMILES string of the molecule is CCc1ccc(C2CNCCN2C(=O)CNC(=O)COc2ccccc2)cc1.Cl. The van der Waals surface area contributed by atoms with Crippen LogP contribution in [0.4, 0.5) is 0 Å². The van der Waals surface area contributed by atoms with Crippen LogP contribution in [0.5, 0.6) is 5.75 Å². The van der Waals surface area contributed by atoms with Crippen molar-refractivity contribution in [3.8, 4) is 5.75 Å². The molecule has 156 valence electrons. The summed E-state index contributed by atoms with van der Waals surface area (Å²) in [5.74, 6) is 0.233. The molecule has 1 aliphatic heterocycles. The first-order valence-corrected chi connectivity index (χ1v) is 9.71. The highest BCUT2D eigenvalue weighted by Gasteiger charge is 2.27. The number of hydrogen-bond acceptors (Lipinski definition) is 4. The summed E-state index contributed by atoms with van der Waals surface area (Å²) in [6.45, 7) is 4.07. The molecular formula is C22H28ClN3O3. The first-order chi connectivity index (χ1) is 13.7. The molecule has 2 aromatic carbocycles. The fraction of sp³-hybridized carbons (Fsp3) is 0.364. The normalized spacial score (nSPS) is 15.9. The predicted octanol–water partition coefficient (Wildman–Crippen LogP) is 2.34. The van der Waals surface area contributed by atoms with E-state index in [1.54, 1.807) is 12.1 Å². The Balaban J connectivity index is 0.00000300. The molecule has 0 spiro atoms. The third-order valence-electron chi connectivity index (χ3n) is 4.89. The van der Waals surface area contributed by atoms with Gasteiger partial charge in [0.15, 0.2) is 6.61 Å². The number of carbonyl (C=O) groups is 2. The number of amides is 2. The van der Waals surface area contributed by atoms with Gasteiger partial charge in [0.05, 0.1) is 12.6 Å². The Morgan fingerprint density at radius 3 is 2.55 bits per heavy atom.